The van der Waals surface area contributed by atoms with Gasteiger partial charge >= 0.3 is 5.97 Å². The smallest absolute Gasteiger partial charge is 0.303 e. The molecule has 1 rings (SSSR count). The Kier molecular flexibility index (Phi) is 6.18. The maximum atomic E-state index is 10.6. The zero-order valence-corrected chi connectivity index (χ0v) is 10.9. The number of carboxylic acids is 1. The molecule has 1 aromatic rings. The van der Waals surface area contributed by atoms with E-state index in [1.807, 2.05) is 0 Å². The summed E-state index contributed by atoms with van der Waals surface area (Å²) in [6, 6.07) is 7.03. The van der Waals surface area contributed by atoms with E-state index in [0.29, 0.717) is 24.2 Å². The summed E-state index contributed by atoms with van der Waals surface area (Å²) in [5.41, 5.74) is 1.35. The Labute approximate surface area is 112 Å². The monoisotopic (exact) mass is 270 g/mol. The highest BCUT2D eigenvalue weighted by atomic mass is 32.1. The van der Waals surface area contributed by atoms with Crippen molar-refractivity contribution >= 4 is 18.6 Å². The van der Waals surface area contributed by atoms with Crippen LogP contribution in [0.25, 0.3) is 0 Å². The van der Waals surface area contributed by atoms with Crippen LogP contribution in [-0.4, -0.2) is 33.1 Å². The fourth-order valence-corrected chi connectivity index (χ4v) is 2.05. The van der Waals surface area contributed by atoms with E-state index in [-0.39, 0.29) is 6.42 Å². The Morgan fingerprint density at radius 3 is 2.56 bits per heavy atom. The molecular weight excluding hydrogens is 252 g/mol. The summed E-state index contributed by atoms with van der Waals surface area (Å²) >= 11 is 4.01. The van der Waals surface area contributed by atoms with Crippen molar-refractivity contribution in [2.24, 2.45) is 0 Å². The number of aliphatic hydroxyl groups excluding tert-OH is 2. The van der Waals surface area contributed by atoms with Crippen LogP contribution in [0.15, 0.2) is 24.3 Å². The quantitative estimate of drug-likeness (QED) is 0.565. The minimum Gasteiger partial charge on any atom is -0.481 e. The first-order chi connectivity index (χ1) is 8.56. The molecule has 0 heterocycles. The summed E-state index contributed by atoms with van der Waals surface area (Å²) in [6.07, 6.45) is -1.14. The van der Waals surface area contributed by atoms with Crippen LogP contribution >= 0.6 is 12.6 Å². The van der Waals surface area contributed by atoms with Gasteiger partial charge in [0.25, 0.3) is 0 Å². The molecule has 0 radical (unpaired) electrons. The number of benzene rings is 1. The number of aliphatic carboxylic acids is 1. The molecule has 0 aliphatic heterocycles. The topological polar surface area (TPSA) is 77.8 Å². The Morgan fingerprint density at radius 1 is 1.28 bits per heavy atom. The average molecular weight is 270 g/mol. The van der Waals surface area contributed by atoms with Crippen LogP contribution in [0.3, 0.4) is 0 Å². The Balaban J connectivity index is 2.83. The van der Waals surface area contributed by atoms with Crippen molar-refractivity contribution in [3.8, 4) is 0 Å². The first-order valence-corrected chi connectivity index (χ1v) is 6.46. The maximum Gasteiger partial charge on any atom is 0.303 e. The van der Waals surface area contributed by atoms with E-state index in [0.717, 1.165) is 5.56 Å². The lowest BCUT2D eigenvalue weighted by Crippen LogP contribution is -2.20. The summed E-state index contributed by atoms with van der Waals surface area (Å²) in [5, 5.41) is 28.5. The number of carbonyl (C=O) groups is 1. The number of thiol groups is 1. The molecule has 0 bridgehead atoms. The second-order valence-electron chi connectivity index (χ2n) is 4.12. The van der Waals surface area contributed by atoms with Gasteiger partial charge in [-0.25, -0.2) is 0 Å². The first kappa shape index (κ1) is 15.0. The van der Waals surface area contributed by atoms with E-state index in [9.17, 15) is 15.0 Å². The number of aliphatic hydroxyl groups is 2. The standard InChI is InChI=1S/C13H18O4S/c14-11(7-8-18)13(17)10-4-2-1-3-9(10)5-6-12(15)16/h1-4,11,13-14,17-18H,5-8H2,(H,15,16). The predicted octanol–water partition coefficient (Wildman–Crippen LogP) is 1.42. The van der Waals surface area contributed by atoms with E-state index in [1.165, 1.54) is 0 Å². The van der Waals surface area contributed by atoms with Crippen molar-refractivity contribution in [3.63, 3.8) is 0 Å². The van der Waals surface area contributed by atoms with Crippen LogP contribution in [0.2, 0.25) is 0 Å². The molecule has 2 unspecified atom stereocenters. The van der Waals surface area contributed by atoms with Gasteiger partial charge in [-0.15, -0.1) is 0 Å². The van der Waals surface area contributed by atoms with E-state index in [1.54, 1.807) is 24.3 Å². The molecule has 0 amide bonds. The van der Waals surface area contributed by atoms with Crippen molar-refractivity contribution in [1.29, 1.82) is 0 Å². The fourth-order valence-electron chi connectivity index (χ4n) is 1.79. The Hall–Kier alpha value is -1.04. The zero-order valence-electron chi connectivity index (χ0n) is 9.99. The number of carboxylic acid groups (broad SMARTS) is 1. The minimum absolute atomic E-state index is 0.00635. The highest BCUT2D eigenvalue weighted by Gasteiger charge is 2.20. The summed E-state index contributed by atoms with van der Waals surface area (Å²) in [6.45, 7) is 0. The second-order valence-corrected chi connectivity index (χ2v) is 4.56. The minimum atomic E-state index is -0.998. The van der Waals surface area contributed by atoms with Crippen LogP contribution in [0.5, 0.6) is 0 Å². The molecule has 0 aliphatic rings. The SMILES string of the molecule is O=C(O)CCc1ccccc1C(O)C(O)CCS. The summed E-state index contributed by atoms with van der Waals surface area (Å²) in [5.74, 6) is -0.398. The lowest BCUT2D eigenvalue weighted by Gasteiger charge is -2.20. The van der Waals surface area contributed by atoms with Gasteiger partial charge in [-0.05, 0) is 29.7 Å². The van der Waals surface area contributed by atoms with Crippen molar-refractivity contribution in [3.05, 3.63) is 35.4 Å². The molecule has 2 atom stereocenters. The molecule has 18 heavy (non-hydrogen) atoms. The molecule has 100 valence electrons. The fraction of sp³-hybridized carbons (Fsp3) is 0.462. The number of hydrogen-bond donors (Lipinski definition) is 4. The molecule has 3 N–H and O–H groups in total. The van der Waals surface area contributed by atoms with Crippen molar-refractivity contribution < 1.29 is 20.1 Å². The van der Waals surface area contributed by atoms with Crippen molar-refractivity contribution in [2.45, 2.75) is 31.5 Å². The van der Waals surface area contributed by atoms with E-state index < -0.39 is 18.2 Å². The maximum absolute atomic E-state index is 10.6. The van der Waals surface area contributed by atoms with Gasteiger partial charge in [0.2, 0.25) is 0 Å². The summed E-state index contributed by atoms with van der Waals surface area (Å²) in [4.78, 5) is 10.6. The molecule has 0 fully saturated rings. The average Bonchev–Trinajstić information content (AvgIpc) is 2.36. The van der Waals surface area contributed by atoms with Crippen LogP contribution < -0.4 is 0 Å². The van der Waals surface area contributed by atoms with Gasteiger partial charge in [0.15, 0.2) is 0 Å². The first-order valence-electron chi connectivity index (χ1n) is 5.83. The van der Waals surface area contributed by atoms with Crippen LogP contribution in [-0.2, 0) is 11.2 Å². The summed E-state index contributed by atoms with van der Waals surface area (Å²) in [7, 11) is 0. The summed E-state index contributed by atoms with van der Waals surface area (Å²) < 4.78 is 0. The molecule has 0 aliphatic carbocycles. The lowest BCUT2D eigenvalue weighted by molar-refractivity contribution is -0.136. The van der Waals surface area contributed by atoms with Gasteiger partial charge in [-0.3, -0.25) is 4.79 Å². The Bertz CT molecular complexity index is 394. The van der Waals surface area contributed by atoms with Gasteiger partial charge in [0.05, 0.1) is 6.10 Å². The third kappa shape index (κ3) is 4.33. The van der Waals surface area contributed by atoms with E-state index >= 15 is 0 Å². The van der Waals surface area contributed by atoms with Gasteiger partial charge in [0.1, 0.15) is 6.10 Å². The number of hydrogen-bond acceptors (Lipinski definition) is 4. The predicted molar refractivity (Wildman–Crippen MR) is 71.8 cm³/mol. The molecule has 0 aromatic heterocycles. The van der Waals surface area contributed by atoms with Gasteiger partial charge in [-0.1, -0.05) is 24.3 Å². The normalized spacial score (nSPS) is 14.2. The van der Waals surface area contributed by atoms with Gasteiger partial charge in [-0.2, -0.15) is 12.6 Å². The highest BCUT2D eigenvalue weighted by Crippen LogP contribution is 2.24. The molecule has 1 aromatic carbocycles. The van der Waals surface area contributed by atoms with Crippen molar-refractivity contribution in [2.75, 3.05) is 5.75 Å². The number of rotatable bonds is 7. The van der Waals surface area contributed by atoms with Crippen LogP contribution in [0.4, 0.5) is 0 Å². The molecule has 0 spiro atoms. The van der Waals surface area contributed by atoms with Crippen LogP contribution in [0.1, 0.15) is 30.1 Å². The van der Waals surface area contributed by atoms with E-state index in [4.69, 9.17) is 5.11 Å². The third-order valence-corrected chi connectivity index (χ3v) is 3.03. The Morgan fingerprint density at radius 2 is 1.94 bits per heavy atom. The molecule has 5 heteroatoms. The zero-order chi connectivity index (χ0) is 13.5. The molecule has 4 nitrogen and oxygen atoms in total. The van der Waals surface area contributed by atoms with Crippen molar-refractivity contribution in [1.82, 2.24) is 0 Å². The van der Waals surface area contributed by atoms with Gasteiger partial charge in [0, 0.05) is 6.42 Å². The van der Waals surface area contributed by atoms with Crippen LogP contribution in [0, 0.1) is 0 Å². The largest absolute Gasteiger partial charge is 0.481 e. The molecule has 0 saturated carbocycles. The highest BCUT2D eigenvalue weighted by molar-refractivity contribution is 7.80. The molecule has 0 saturated heterocycles. The van der Waals surface area contributed by atoms with E-state index in [2.05, 4.69) is 12.6 Å². The second kappa shape index (κ2) is 7.41. The third-order valence-electron chi connectivity index (χ3n) is 2.77. The van der Waals surface area contributed by atoms with Gasteiger partial charge < -0.3 is 15.3 Å². The molecular formula is C13H18O4S. The number of aryl methyl sites for hydroxylation is 1. The lowest BCUT2D eigenvalue weighted by atomic mass is 9.95.